The molecule has 1 aliphatic heterocycles. The van der Waals surface area contributed by atoms with Crippen LogP contribution in [0.5, 0.6) is 0 Å². The van der Waals surface area contributed by atoms with Gasteiger partial charge < -0.3 is 14.2 Å². The first kappa shape index (κ1) is 20.4. The highest BCUT2D eigenvalue weighted by Crippen LogP contribution is 2.25. The molecule has 0 unspecified atom stereocenters. The third-order valence-corrected chi connectivity index (χ3v) is 5.60. The Labute approximate surface area is 188 Å². The molecule has 9 nitrogen and oxygen atoms in total. The van der Waals surface area contributed by atoms with E-state index in [4.69, 9.17) is 4.74 Å². The summed E-state index contributed by atoms with van der Waals surface area (Å²) in [5.41, 5.74) is 2.75. The summed E-state index contributed by atoms with van der Waals surface area (Å²) in [5, 5.41) is 0. The van der Waals surface area contributed by atoms with Crippen molar-refractivity contribution in [3.8, 4) is 23.1 Å². The van der Waals surface area contributed by atoms with Gasteiger partial charge in [-0.1, -0.05) is 0 Å². The molecule has 1 atom stereocenters. The third kappa shape index (κ3) is 3.79. The average Bonchev–Trinajstić information content (AvgIpc) is 3.42. The highest BCUT2D eigenvalue weighted by Gasteiger charge is 2.24. The molecule has 32 heavy (non-hydrogen) atoms. The number of aromatic nitrogens is 7. The number of rotatable bonds is 3. The van der Waals surface area contributed by atoms with E-state index in [1.54, 1.807) is 31.0 Å². The third-order valence-electron chi connectivity index (χ3n) is 5.17. The SMILES string of the molecule is C[C@@H]1COCCN1c1nc(C#Cc2nc(-c3cccnc3)cn2SF)nc2c1ncn2C. The first-order valence-electron chi connectivity index (χ1n) is 9.98. The van der Waals surface area contributed by atoms with Gasteiger partial charge in [0.2, 0.25) is 5.82 Å². The largest absolute Gasteiger partial charge is 0.377 e. The predicted molar refractivity (Wildman–Crippen MR) is 119 cm³/mol. The summed E-state index contributed by atoms with van der Waals surface area (Å²) >= 11 is 0.0328. The number of halogens is 1. The van der Waals surface area contributed by atoms with Crippen molar-refractivity contribution in [2.45, 2.75) is 13.0 Å². The van der Waals surface area contributed by atoms with Crippen LogP contribution in [-0.2, 0) is 11.8 Å². The van der Waals surface area contributed by atoms with Crippen LogP contribution in [0.15, 0.2) is 37.1 Å². The quantitative estimate of drug-likeness (QED) is 0.441. The van der Waals surface area contributed by atoms with Crippen molar-refractivity contribution in [3.05, 3.63) is 48.7 Å². The van der Waals surface area contributed by atoms with Crippen molar-refractivity contribution in [1.82, 2.24) is 33.5 Å². The van der Waals surface area contributed by atoms with E-state index in [1.807, 2.05) is 17.7 Å². The van der Waals surface area contributed by atoms with Gasteiger partial charge in [-0.15, -0.1) is 3.89 Å². The number of hydrogen-bond acceptors (Lipinski definition) is 8. The fraction of sp³-hybridized carbons (Fsp3) is 0.286. The molecule has 162 valence electrons. The molecule has 4 aromatic rings. The van der Waals surface area contributed by atoms with E-state index in [-0.39, 0.29) is 24.2 Å². The van der Waals surface area contributed by atoms with E-state index in [1.165, 1.54) is 3.97 Å². The van der Waals surface area contributed by atoms with Crippen molar-refractivity contribution >= 4 is 29.3 Å². The average molecular weight is 451 g/mol. The molecule has 11 heteroatoms. The topological polar surface area (TPSA) is 86.8 Å². The van der Waals surface area contributed by atoms with Crippen molar-refractivity contribution in [2.75, 3.05) is 24.7 Å². The molecule has 0 bridgehead atoms. The minimum absolute atomic E-state index is 0.0328. The first-order chi connectivity index (χ1) is 15.6. The molecule has 1 saturated heterocycles. The normalized spacial score (nSPS) is 16.2. The molecular weight excluding hydrogens is 431 g/mol. The molecule has 0 aliphatic carbocycles. The number of ether oxygens (including phenoxy) is 1. The van der Waals surface area contributed by atoms with Crippen molar-refractivity contribution in [1.29, 1.82) is 0 Å². The van der Waals surface area contributed by atoms with Crippen molar-refractivity contribution in [3.63, 3.8) is 0 Å². The predicted octanol–water partition coefficient (Wildman–Crippen LogP) is 2.63. The van der Waals surface area contributed by atoms with Gasteiger partial charge in [-0.3, -0.25) is 4.98 Å². The molecular formula is C21H19FN8OS. The van der Waals surface area contributed by atoms with E-state index in [0.717, 1.165) is 11.4 Å². The number of nitrogens with zero attached hydrogens (tertiary/aromatic N) is 8. The molecule has 0 saturated carbocycles. The van der Waals surface area contributed by atoms with Gasteiger partial charge in [-0.2, -0.15) is 0 Å². The van der Waals surface area contributed by atoms with Crippen LogP contribution in [-0.4, -0.2) is 59.3 Å². The minimum atomic E-state index is 0.0328. The zero-order chi connectivity index (χ0) is 22.1. The molecule has 0 radical (unpaired) electrons. The number of aryl methyl sites for hydroxylation is 1. The molecule has 0 aromatic carbocycles. The Morgan fingerprint density at radius 1 is 1.25 bits per heavy atom. The fourth-order valence-corrected chi connectivity index (χ4v) is 3.85. The number of anilines is 1. The summed E-state index contributed by atoms with van der Waals surface area (Å²) in [7, 11) is 1.87. The highest BCUT2D eigenvalue weighted by atomic mass is 32.2. The molecule has 0 N–H and O–H groups in total. The second-order valence-electron chi connectivity index (χ2n) is 7.35. The number of pyridine rings is 1. The monoisotopic (exact) mass is 450 g/mol. The Morgan fingerprint density at radius 2 is 2.16 bits per heavy atom. The van der Waals surface area contributed by atoms with Crippen LogP contribution in [0.4, 0.5) is 9.70 Å². The Morgan fingerprint density at radius 3 is 2.94 bits per heavy atom. The highest BCUT2D eigenvalue weighted by molar-refractivity contribution is 7.92. The minimum Gasteiger partial charge on any atom is -0.377 e. The fourth-order valence-electron chi connectivity index (χ4n) is 3.56. The second-order valence-corrected chi connectivity index (χ2v) is 7.88. The van der Waals surface area contributed by atoms with Gasteiger partial charge in [-0.05, 0) is 30.9 Å². The molecule has 0 amide bonds. The second kappa shape index (κ2) is 8.57. The molecule has 1 fully saturated rings. The van der Waals surface area contributed by atoms with Crippen LogP contribution in [0.25, 0.3) is 22.4 Å². The van der Waals surface area contributed by atoms with Crippen molar-refractivity contribution < 1.29 is 8.62 Å². The van der Waals surface area contributed by atoms with E-state index >= 15 is 0 Å². The zero-order valence-electron chi connectivity index (χ0n) is 17.4. The van der Waals surface area contributed by atoms with Crippen LogP contribution in [0.2, 0.25) is 0 Å². The number of morpholine rings is 1. The molecule has 5 heterocycles. The lowest BCUT2D eigenvalue weighted by molar-refractivity contribution is 0.0986. The summed E-state index contributed by atoms with van der Waals surface area (Å²) in [6, 6.07) is 3.80. The van der Waals surface area contributed by atoms with Gasteiger partial charge >= 0.3 is 0 Å². The maximum atomic E-state index is 13.5. The van der Waals surface area contributed by atoms with Gasteiger partial charge in [-0.25, -0.2) is 23.9 Å². The molecule has 0 spiro atoms. The van der Waals surface area contributed by atoms with Crippen LogP contribution >= 0.6 is 12.3 Å². The maximum Gasteiger partial charge on any atom is 0.209 e. The van der Waals surface area contributed by atoms with E-state index in [0.29, 0.717) is 42.4 Å². The lowest BCUT2D eigenvalue weighted by Gasteiger charge is -2.34. The lowest BCUT2D eigenvalue weighted by atomic mass is 10.2. The smallest absolute Gasteiger partial charge is 0.209 e. The van der Waals surface area contributed by atoms with Crippen LogP contribution < -0.4 is 4.90 Å². The van der Waals surface area contributed by atoms with Crippen LogP contribution in [0.1, 0.15) is 18.6 Å². The molecule has 4 aromatic heterocycles. The summed E-state index contributed by atoms with van der Waals surface area (Å²) in [6.07, 6.45) is 6.63. The van der Waals surface area contributed by atoms with E-state index in [2.05, 4.69) is 48.6 Å². The van der Waals surface area contributed by atoms with Gasteiger partial charge in [0.05, 0.1) is 31.3 Å². The van der Waals surface area contributed by atoms with E-state index in [9.17, 15) is 3.89 Å². The number of fused-ring (bicyclic) bond motifs is 1. The van der Waals surface area contributed by atoms with Crippen LogP contribution in [0.3, 0.4) is 0 Å². The molecule has 5 rings (SSSR count). The standard InChI is InChI=1S/C21H19FN8OS/c1-14-12-31-9-8-29(14)21-19-20(28(2)13-24-19)26-17(27-21)5-6-18-25-16(11-30(18)32-22)15-4-3-7-23-10-15/h3-4,7,10-11,13-14H,8-9,12H2,1-2H3/t14-/m1/s1. The van der Waals surface area contributed by atoms with Gasteiger partial charge in [0.25, 0.3) is 0 Å². The zero-order valence-corrected chi connectivity index (χ0v) is 18.3. The number of imidazole rings is 2. The Bertz CT molecular complexity index is 1330. The van der Waals surface area contributed by atoms with Crippen LogP contribution in [0, 0.1) is 11.8 Å². The summed E-state index contributed by atoms with van der Waals surface area (Å²) in [6.45, 7) is 4.01. The van der Waals surface area contributed by atoms with E-state index < -0.39 is 0 Å². The summed E-state index contributed by atoms with van der Waals surface area (Å²) in [5.74, 6) is 7.15. The Balaban J connectivity index is 1.56. The Hall–Kier alpha value is -3.49. The number of hydrogen-bond donors (Lipinski definition) is 0. The maximum absolute atomic E-state index is 13.5. The molecule has 1 aliphatic rings. The first-order valence-corrected chi connectivity index (χ1v) is 10.7. The van der Waals surface area contributed by atoms with Gasteiger partial charge in [0, 0.05) is 37.7 Å². The summed E-state index contributed by atoms with van der Waals surface area (Å²) < 4.78 is 22.2. The Kier molecular flexibility index (Phi) is 5.46. The summed E-state index contributed by atoms with van der Waals surface area (Å²) in [4.78, 5) is 24.4. The van der Waals surface area contributed by atoms with Gasteiger partial charge in [0.15, 0.2) is 35.1 Å². The lowest BCUT2D eigenvalue weighted by Crippen LogP contribution is -2.44. The van der Waals surface area contributed by atoms with Crippen molar-refractivity contribution in [2.24, 2.45) is 7.05 Å². The van der Waals surface area contributed by atoms with Gasteiger partial charge in [0.1, 0.15) is 0 Å².